The molecule has 0 rings (SSSR count). The summed E-state index contributed by atoms with van der Waals surface area (Å²) in [6.45, 7) is 1.14. The monoisotopic (exact) mass is 141 g/mol. The number of esters is 1. The molecule has 0 unspecified atom stereocenters. The number of hydrogen-bond donors (Lipinski definition) is 1. The van der Waals surface area contributed by atoms with E-state index in [0.29, 0.717) is 0 Å². The van der Waals surface area contributed by atoms with Crippen LogP contribution < -0.4 is 5.32 Å². The first-order valence-corrected chi connectivity index (χ1v) is 2.54. The van der Waals surface area contributed by atoms with Crippen molar-refractivity contribution in [3.63, 3.8) is 0 Å². The fourth-order valence-corrected chi connectivity index (χ4v) is 0.245. The average molecular weight is 141 g/mol. The summed E-state index contributed by atoms with van der Waals surface area (Å²) in [5.41, 5.74) is 0. The number of terminal acetylenes is 1. The predicted octanol–water partition coefficient (Wildman–Crippen LogP) is -0.744. The van der Waals surface area contributed by atoms with Gasteiger partial charge < -0.3 is 10.1 Å². The lowest BCUT2D eigenvalue weighted by Crippen LogP contribution is -2.24. The highest BCUT2D eigenvalue weighted by molar-refractivity contribution is 5.87. The summed E-state index contributed by atoms with van der Waals surface area (Å²) >= 11 is 0. The summed E-state index contributed by atoms with van der Waals surface area (Å²) in [5, 5.41) is 2.23. The fourth-order valence-electron chi connectivity index (χ4n) is 0.245. The van der Waals surface area contributed by atoms with Gasteiger partial charge in [-0.15, -0.1) is 6.42 Å². The summed E-state index contributed by atoms with van der Waals surface area (Å²) in [6.07, 6.45) is 4.65. The highest BCUT2D eigenvalue weighted by Gasteiger charge is 1.94. The van der Waals surface area contributed by atoms with Crippen molar-refractivity contribution < 1.29 is 14.3 Å². The molecule has 0 saturated heterocycles. The zero-order valence-corrected chi connectivity index (χ0v) is 5.51. The van der Waals surface area contributed by atoms with Gasteiger partial charge in [-0.05, 0) is 0 Å². The van der Waals surface area contributed by atoms with Crippen molar-refractivity contribution in [3.8, 4) is 12.3 Å². The van der Waals surface area contributed by atoms with E-state index in [2.05, 4.69) is 16.5 Å². The van der Waals surface area contributed by atoms with Crippen LogP contribution in [-0.2, 0) is 14.3 Å². The molecule has 0 fully saturated rings. The SMILES string of the molecule is C#CC(=O)OCNC(C)=O. The van der Waals surface area contributed by atoms with Crippen LogP contribution in [0, 0.1) is 12.3 Å². The molecular formula is C6H7NO3. The Morgan fingerprint density at radius 3 is 2.70 bits per heavy atom. The Hall–Kier alpha value is -1.50. The van der Waals surface area contributed by atoms with Crippen LogP contribution in [0.4, 0.5) is 0 Å². The van der Waals surface area contributed by atoms with Crippen LogP contribution in [0.15, 0.2) is 0 Å². The van der Waals surface area contributed by atoms with Crippen molar-refractivity contribution in [1.82, 2.24) is 5.32 Å². The molecule has 0 bridgehead atoms. The second-order valence-corrected chi connectivity index (χ2v) is 1.45. The third-order valence-electron chi connectivity index (χ3n) is 0.642. The van der Waals surface area contributed by atoms with Gasteiger partial charge in [0.1, 0.15) is 0 Å². The lowest BCUT2D eigenvalue weighted by atomic mass is 10.7. The molecule has 0 radical (unpaired) electrons. The first kappa shape index (κ1) is 8.50. The van der Waals surface area contributed by atoms with Crippen LogP contribution in [0.25, 0.3) is 0 Å². The summed E-state index contributed by atoms with van der Waals surface area (Å²) in [6, 6.07) is 0. The van der Waals surface area contributed by atoms with Gasteiger partial charge in [-0.3, -0.25) is 4.79 Å². The van der Waals surface area contributed by atoms with Crippen molar-refractivity contribution >= 4 is 11.9 Å². The Labute approximate surface area is 58.5 Å². The maximum Gasteiger partial charge on any atom is 0.385 e. The van der Waals surface area contributed by atoms with E-state index in [4.69, 9.17) is 0 Å². The van der Waals surface area contributed by atoms with E-state index in [1.165, 1.54) is 6.92 Å². The number of rotatable bonds is 2. The van der Waals surface area contributed by atoms with Crippen LogP contribution in [-0.4, -0.2) is 18.6 Å². The molecule has 4 nitrogen and oxygen atoms in total. The minimum atomic E-state index is -0.784. The van der Waals surface area contributed by atoms with Gasteiger partial charge in [-0.2, -0.15) is 0 Å². The maximum atomic E-state index is 10.2. The number of ether oxygens (including phenoxy) is 1. The van der Waals surface area contributed by atoms with E-state index in [0.717, 1.165) is 0 Å². The summed E-state index contributed by atoms with van der Waals surface area (Å²) < 4.78 is 4.30. The van der Waals surface area contributed by atoms with Crippen molar-refractivity contribution in [2.24, 2.45) is 0 Å². The third kappa shape index (κ3) is 4.65. The van der Waals surface area contributed by atoms with Crippen LogP contribution in [0.3, 0.4) is 0 Å². The second-order valence-electron chi connectivity index (χ2n) is 1.45. The van der Waals surface area contributed by atoms with Gasteiger partial charge in [0.05, 0.1) is 0 Å². The number of carbonyl (C=O) groups excluding carboxylic acids is 2. The van der Waals surface area contributed by atoms with E-state index in [1.54, 1.807) is 5.92 Å². The number of carbonyl (C=O) groups is 2. The largest absolute Gasteiger partial charge is 0.435 e. The first-order valence-electron chi connectivity index (χ1n) is 2.54. The molecule has 0 aromatic heterocycles. The van der Waals surface area contributed by atoms with Crippen molar-refractivity contribution in [1.29, 1.82) is 0 Å². The molecule has 0 saturated carbocycles. The first-order chi connectivity index (χ1) is 4.66. The number of amides is 1. The standard InChI is InChI=1S/C6H7NO3/c1-3-6(9)10-4-7-5(2)8/h1H,4H2,2H3,(H,7,8). The number of nitrogens with one attached hydrogen (secondary N) is 1. The summed E-state index contributed by atoms with van der Waals surface area (Å²) in [4.78, 5) is 20.3. The lowest BCUT2D eigenvalue weighted by molar-refractivity contribution is -0.138. The Balaban J connectivity index is 3.31. The highest BCUT2D eigenvalue weighted by Crippen LogP contribution is 1.71. The topological polar surface area (TPSA) is 55.4 Å². The van der Waals surface area contributed by atoms with E-state index >= 15 is 0 Å². The van der Waals surface area contributed by atoms with Gasteiger partial charge in [-0.1, -0.05) is 0 Å². The molecule has 0 aromatic rings. The molecular weight excluding hydrogens is 134 g/mol. The predicted molar refractivity (Wildman–Crippen MR) is 33.6 cm³/mol. The molecule has 0 aromatic carbocycles. The molecule has 0 heterocycles. The molecule has 0 aliphatic rings. The molecule has 1 amide bonds. The molecule has 4 heteroatoms. The Bertz CT molecular complexity index is 180. The van der Waals surface area contributed by atoms with Gasteiger partial charge in [0.2, 0.25) is 5.91 Å². The second kappa shape index (κ2) is 4.39. The number of hydrogen-bond acceptors (Lipinski definition) is 3. The van der Waals surface area contributed by atoms with E-state index in [9.17, 15) is 9.59 Å². The summed E-state index contributed by atoms with van der Waals surface area (Å²) in [7, 11) is 0. The van der Waals surface area contributed by atoms with Gasteiger partial charge in [0, 0.05) is 12.8 Å². The fraction of sp³-hybridized carbons (Fsp3) is 0.333. The van der Waals surface area contributed by atoms with Crippen LogP contribution >= 0.6 is 0 Å². The van der Waals surface area contributed by atoms with E-state index < -0.39 is 5.97 Å². The average Bonchev–Trinajstić information content (AvgIpc) is 1.87. The molecule has 0 aliphatic heterocycles. The molecule has 0 atom stereocenters. The maximum absolute atomic E-state index is 10.2. The van der Waals surface area contributed by atoms with Crippen molar-refractivity contribution in [2.75, 3.05) is 6.73 Å². The van der Waals surface area contributed by atoms with Crippen molar-refractivity contribution in [2.45, 2.75) is 6.92 Å². The molecule has 0 aliphatic carbocycles. The Morgan fingerprint density at radius 2 is 2.30 bits per heavy atom. The highest BCUT2D eigenvalue weighted by atomic mass is 16.5. The zero-order chi connectivity index (χ0) is 7.98. The molecule has 54 valence electrons. The zero-order valence-electron chi connectivity index (χ0n) is 5.51. The van der Waals surface area contributed by atoms with Gasteiger partial charge in [0.25, 0.3) is 0 Å². The Morgan fingerprint density at radius 1 is 1.70 bits per heavy atom. The molecule has 1 N–H and O–H groups in total. The molecule has 10 heavy (non-hydrogen) atoms. The summed E-state index contributed by atoms with van der Waals surface area (Å²) in [5.74, 6) is 0.669. The lowest BCUT2D eigenvalue weighted by Gasteiger charge is -1.99. The smallest absolute Gasteiger partial charge is 0.385 e. The normalized spacial score (nSPS) is 7.60. The van der Waals surface area contributed by atoms with Crippen LogP contribution in [0.5, 0.6) is 0 Å². The third-order valence-corrected chi connectivity index (χ3v) is 0.642. The van der Waals surface area contributed by atoms with Crippen molar-refractivity contribution in [3.05, 3.63) is 0 Å². The Kier molecular flexibility index (Phi) is 3.73. The van der Waals surface area contributed by atoms with Gasteiger partial charge in [0.15, 0.2) is 6.73 Å². The van der Waals surface area contributed by atoms with Gasteiger partial charge >= 0.3 is 5.97 Å². The minimum Gasteiger partial charge on any atom is -0.435 e. The minimum absolute atomic E-state index is 0.168. The quantitative estimate of drug-likeness (QED) is 0.238. The van der Waals surface area contributed by atoms with Gasteiger partial charge in [-0.25, -0.2) is 4.79 Å². The van der Waals surface area contributed by atoms with Crippen LogP contribution in [0.1, 0.15) is 6.92 Å². The van der Waals surface area contributed by atoms with Crippen LogP contribution in [0.2, 0.25) is 0 Å². The van der Waals surface area contributed by atoms with E-state index in [1.807, 2.05) is 0 Å². The molecule has 0 spiro atoms. The van der Waals surface area contributed by atoms with E-state index in [-0.39, 0.29) is 12.6 Å².